The molecule has 0 bridgehead atoms. The van der Waals surface area contributed by atoms with E-state index in [1.807, 2.05) is 0 Å². The van der Waals surface area contributed by atoms with Crippen molar-refractivity contribution in [2.75, 3.05) is 0 Å². The van der Waals surface area contributed by atoms with Gasteiger partial charge in [0, 0.05) is 5.41 Å². The molecule has 2 aliphatic carbocycles. The second kappa shape index (κ2) is 7.55. The van der Waals surface area contributed by atoms with E-state index in [0.717, 1.165) is 6.42 Å². The molecule has 0 unspecified atom stereocenters. The van der Waals surface area contributed by atoms with Gasteiger partial charge in [0.25, 0.3) is 0 Å². The zero-order valence-corrected chi connectivity index (χ0v) is 13.7. The van der Waals surface area contributed by atoms with Gasteiger partial charge >= 0.3 is 0 Å². The Kier molecular flexibility index (Phi) is 7.06. The number of rotatable bonds is 2. The van der Waals surface area contributed by atoms with Gasteiger partial charge in [-0.05, 0) is 34.8 Å². The van der Waals surface area contributed by atoms with Crippen LogP contribution in [0.3, 0.4) is 0 Å². The van der Waals surface area contributed by atoms with Crippen molar-refractivity contribution in [3.63, 3.8) is 0 Å². The molecule has 0 saturated heterocycles. The van der Waals surface area contributed by atoms with Crippen molar-refractivity contribution >= 4 is 0 Å². The molecule has 0 spiro atoms. The van der Waals surface area contributed by atoms with Crippen LogP contribution in [0.15, 0.2) is 66.3 Å². The molecule has 1 aromatic rings. The van der Waals surface area contributed by atoms with Crippen LogP contribution in [0.4, 0.5) is 0 Å². The van der Waals surface area contributed by atoms with Crippen molar-refractivity contribution in [2.24, 2.45) is 10.8 Å². The maximum absolute atomic E-state index is 2.46. The van der Waals surface area contributed by atoms with Crippen LogP contribution in [0, 0.1) is 10.8 Å². The largest absolute Gasteiger partial charge is 0.0839 e. The van der Waals surface area contributed by atoms with Crippen LogP contribution in [0.2, 0.25) is 0 Å². The van der Waals surface area contributed by atoms with Gasteiger partial charge in [0.15, 0.2) is 0 Å². The average molecular weight is 327 g/mol. The molecule has 0 heterocycles. The predicted octanol–water partition coefficient (Wildman–Crippen LogP) is 7.73. The minimum Gasteiger partial charge on any atom is -0.0839 e. The fraction of sp³-hybridized carbons (Fsp3) is 0.500. The molecule has 0 aromatic heterocycles. The first-order valence-corrected chi connectivity index (χ1v) is 8.05. The Hall–Kier alpha value is -1.56. The van der Waals surface area contributed by atoms with Gasteiger partial charge in [-0.15, -0.1) is 0 Å². The van der Waals surface area contributed by atoms with E-state index in [0.29, 0.717) is 0 Å². The van der Waals surface area contributed by atoms with Crippen molar-refractivity contribution in [2.45, 2.75) is 68.2 Å². The first kappa shape index (κ1) is 22.4. The zero-order valence-electron chi connectivity index (χ0n) is 13.7. The summed E-state index contributed by atoms with van der Waals surface area (Å²) >= 11 is 0. The fourth-order valence-electron chi connectivity index (χ4n) is 4.73. The summed E-state index contributed by atoms with van der Waals surface area (Å²) in [6.07, 6.45) is 14.3. The van der Waals surface area contributed by atoms with Crippen LogP contribution in [0.5, 0.6) is 0 Å². The Morgan fingerprint density at radius 2 is 1.29 bits per heavy atom. The van der Waals surface area contributed by atoms with Gasteiger partial charge in [-0.3, -0.25) is 0 Å². The molecule has 0 fully saturated rings. The third-order valence-electron chi connectivity index (χ3n) is 5.48. The van der Waals surface area contributed by atoms with Crippen LogP contribution < -0.4 is 0 Å². The van der Waals surface area contributed by atoms with Crippen LogP contribution in [0.25, 0.3) is 0 Å². The van der Waals surface area contributed by atoms with E-state index < -0.39 is 0 Å². The topological polar surface area (TPSA) is 0 Å². The van der Waals surface area contributed by atoms with Gasteiger partial charge in [-0.25, -0.2) is 0 Å². The minimum absolute atomic E-state index is 0. The first-order chi connectivity index (χ1) is 9.92. The van der Waals surface area contributed by atoms with Crippen molar-refractivity contribution in [1.82, 2.24) is 0 Å². The quantitative estimate of drug-likeness (QED) is 0.488. The summed E-state index contributed by atoms with van der Waals surface area (Å²) in [4.78, 5) is 0. The smallest absolute Gasteiger partial charge is 0.0370 e. The third-order valence-corrected chi connectivity index (χ3v) is 5.48. The molecule has 24 heavy (non-hydrogen) atoms. The fourth-order valence-corrected chi connectivity index (χ4v) is 4.73. The number of hydrogen-bond donors (Lipinski definition) is 0. The summed E-state index contributed by atoms with van der Waals surface area (Å²) in [5.74, 6) is 0. The van der Waals surface area contributed by atoms with E-state index in [9.17, 15) is 0 Å². The summed E-state index contributed by atoms with van der Waals surface area (Å²) < 4.78 is 0. The van der Waals surface area contributed by atoms with E-state index in [4.69, 9.17) is 0 Å². The summed E-state index contributed by atoms with van der Waals surface area (Å²) in [6, 6.07) is 11.1. The predicted molar refractivity (Wildman–Crippen MR) is 111 cm³/mol. The lowest BCUT2D eigenvalue weighted by atomic mass is 9.50. The maximum Gasteiger partial charge on any atom is 0.0370 e. The number of hydrogen-bond acceptors (Lipinski definition) is 0. The molecule has 0 nitrogen and oxygen atoms in total. The Labute approximate surface area is 151 Å². The highest BCUT2D eigenvalue weighted by Gasteiger charge is 2.58. The number of benzene rings is 1. The third kappa shape index (κ3) is 2.92. The van der Waals surface area contributed by atoms with Crippen LogP contribution >= 0.6 is 0 Å². The molecule has 0 aliphatic heterocycles. The average Bonchev–Trinajstić information content (AvgIpc) is 2.67. The SMILES string of the molecule is C.C.C.CC1(C)C=CC(C)(C)C1(C1=CCCC=C1)c1ccccc1. The highest BCUT2D eigenvalue weighted by Crippen LogP contribution is 2.63. The summed E-state index contributed by atoms with van der Waals surface area (Å²) in [5, 5.41) is 0. The first-order valence-electron chi connectivity index (χ1n) is 8.05. The molecule has 0 radical (unpaired) electrons. The Bertz CT molecular complexity index is 591. The highest BCUT2D eigenvalue weighted by atomic mass is 14.6. The van der Waals surface area contributed by atoms with Gasteiger partial charge in [0.2, 0.25) is 0 Å². The molecule has 0 heteroatoms. The van der Waals surface area contributed by atoms with E-state index in [-0.39, 0.29) is 38.5 Å². The summed E-state index contributed by atoms with van der Waals surface area (Å²) in [7, 11) is 0. The molecule has 0 amide bonds. The number of allylic oxidation sites excluding steroid dienone is 6. The molecule has 134 valence electrons. The standard InChI is InChI=1S/C21H26.3CH4/c1-19(2)15-16-20(3,4)21(19,17-11-7-5-8-12-17)18-13-9-6-10-14-18;;;/h5,7-9,11-16H,6,10H2,1-4H3;3*1H4. The van der Waals surface area contributed by atoms with Gasteiger partial charge in [0.05, 0.1) is 0 Å². The van der Waals surface area contributed by atoms with Crippen molar-refractivity contribution in [1.29, 1.82) is 0 Å². The maximum atomic E-state index is 2.46. The molecule has 0 N–H and O–H groups in total. The van der Waals surface area contributed by atoms with Gasteiger partial charge in [-0.2, -0.15) is 0 Å². The van der Waals surface area contributed by atoms with Gasteiger partial charge in [-0.1, -0.05) is 111 Å². The van der Waals surface area contributed by atoms with Crippen molar-refractivity contribution in [3.05, 3.63) is 71.8 Å². The van der Waals surface area contributed by atoms with Crippen LogP contribution in [-0.4, -0.2) is 0 Å². The second-order valence-corrected chi connectivity index (χ2v) is 7.53. The van der Waals surface area contributed by atoms with E-state index in [1.54, 1.807) is 0 Å². The van der Waals surface area contributed by atoms with Crippen LogP contribution in [-0.2, 0) is 5.41 Å². The normalized spacial score (nSPS) is 21.8. The zero-order chi connectivity index (χ0) is 15.1. The van der Waals surface area contributed by atoms with Crippen molar-refractivity contribution < 1.29 is 0 Å². The second-order valence-electron chi connectivity index (χ2n) is 7.53. The van der Waals surface area contributed by atoms with Gasteiger partial charge < -0.3 is 0 Å². The van der Waals surface area contributed by atoms with Crippen LogP contribution in [0.1, 0.15) is 68.4 Å². The van der Waals surface area contributed by atoms with E-state index in [1.165, 1.54) is 17.6 Å². The summed E-state index contributed by atoms with van der Waals surface area (Å²) in [6.45, 7) is 9.53. The minimum atomic E-state index is 0. The van der Waals surface area contributed by atoms with E-state index >= 15 is 0 Å². The molecule has 0 saturated carbocycles. The Morgan fingerprint density at radius 1 is 0.750 bits per heavy atom. The lowest BCUT2D eigenvalue weighted by Crippen LogP contribution is -2.49. The lowest BCUT2D eigenvalue weighted by molar-refractivity contribution is 0.166. The molecular weight excluding hydrogens is 288 g/mol. The molecule has 0 atom stereocenters. The molecular formula is C24H38. The lowest BCUT2D eigenvalue weighted by Gasteiger charge is -2.52. The molecule has 3 rings (SSSR count). The highest BCUT2D eigenvalue weighted by molar-refractivity contribution is 5.53. The molecule has 2 aliphatic rings. The Morgan fingerprint density at radius 3 is 1.75 bits per heavy atom. The van der Waals surface area contributed by atoms with Crippen molar-refractivity contribution in [3.8, 4) is 0 Å². The van der Waals surface area contributed by atoms with Gasteiger partial charge in [0.1, 0.15) is 0 Å². The Balaban J connectivity index is 0.00000176. The monoisotopic (exact) mass is 326 g/mol. The molecule has 1 aromatic carbocycles. The van der Waals surface area contributed by atoms with E-state index in [2.05, 4.69) is 88.4 Å². The summed E-state index contributed by atoms with van der Waals surface area (Å²) in [5.41, 5.74) is 3.14.